The minimum atomic E-state index is 0.0744. The summed E-state index contributed by atoms with van der Waals surface area (Å²) < 4.78 is 0. The molecule has 1 amide bonds. The van der Waals surface area contributed by atoms with Crippen LogP contribution < -0.4 is 5.32 Å². The summed E-state index contributed by atoms with van der Waals surface area (Å²) in [6, 6.07) is 3.90. The van der Waals surface area contributed by atoms with Crippen LogP contribution >= 0.6 is 11.8 Å². The number of hydrogen-bond acceptors (Lipinski definition) is 3. The first-order chi connectivity index (χ1) is 6.77. The summed E-state index contributed by atoms with van der Waals surface area (Å²) in [5, 5.41) is 2.83. The minimum absolute atomic E-state index is 0.0744. The van der Waals surface area contributed by atoms with Crippen LogP contribution in [-0.2, 0) is 4.79 Å². The molecule has 0 fully saturated rings. The van der Waals surface area contributed by atoms with Crippen LogP contribution in [0.4, 0.5) is 0 Å². The van der Waals surface area contributed by atoms with Crippen LogP contribution in [-0.4, -0.2) is 16.6 Å². The molecule has 72 valence electrons. The zero-order valence-electron chi connectivity index (χ0n) is 7.78. The van der Waals surface area contributed by atoms with Gasteiger partial charge in [-0.05, 0) is 24.6 Å². The van der Waals surface area contributed by atoms with Gasteiger partial charge in [0.25, 0.3) is 0 Å². The molecule has 2 heterocycles. The summed E-state index contributed by atoms with van der Waals surface area (Å²) in [6.45, 7) is 1.92. The number of pyridine rings is 1. The van der Waals surface area contributed by atoms with E-state index in [1.807, 2.05) is 19.1 Å². The lowest BCUT2D eigenvalue weighted by molar-refractivity contribution is -0.117. The van der Waals surface area contributed by atoms with Crippen molar-refractivity contribution in [3.05, 3.63) is 35.8 Å². The maximum atomic E-state index is 11.1. The number of aromatic nitrogens is 1. The van der Waals surface area contributed by atoms with Crippen molar-refractivity contribution < 1.29 is 4.79 Å². The summed E-state index contributed by atoms with van der Waals surface area (Å²) in [5.74, 6) is 0.569. The molecule has 1 aromatic heterocycles. The average molecular weight is 206 g/mol. The Bertz CT molecular complexity index is 386. The van der Waals surface area contributed by atoms with Crippen molar-refractivity contribution in [3.8, 4) is 0 Å². The van der Waals surface area contributed by atoms with Gasteiger partial charge < -0.3 is 5.32 Å². The van der Waals surface area contributed by atoms with E-state index in [0.29, 0.717) is 5.75 Å². The lowest BCUT2D eigenvalue weighted by Crippen LogP contribution is -2.27. The molecule has 0 saturated heterocycles. The summed E-state index contributed by atoms with van der Waals surface area (Å²) in [7, 11) is 0. The van der Waals surface area contributed by atoms with E-state index >= 15 is 0 Å². The van der Waals surface area contributed by atoms with Crippen LogP contribution in [0.15, 0.2) is 30.2 Å². The Hall–Kier alpha value is -1.29. The van der Waals surface area contributed by atoms with Gasteiger partial charge in [0.05, 0.1) is 5.75 Å². The molecule has 1 aliphatic heterocycles. The summed E-state index contributed by atoms with van der Waals surface area (Å²) in [6.07, 6.45) is 3.51. The highest BCUT2D eigenvalue weighted by Gasteiger charge is 2.16. The molecule has 1 aliphatic rings. The Morgan fingerprint density at radius 3 is 2.79 bits per heavy atom. The Balaban J connectivity index is 2.35. The van der Waals surface area contributed by atoms with Gasteiger partial charge in [-0.3, -0.25) is 9.78 Å². The number of carbonyl (C=O) groups excluding carboxylic acids is 1. The van der Waals surface area contributed by atoms with Crippen LogP contribution in [0.3, 0.4) is 0 Å². The van der Waals surface area contributed by atoms with Crippen LogP contribution in [0.5, 0.6) is 0 Å². The molecule has 14 heavy (non-hydrogen) atoms. The van der Waals surface area contributed by atoms with E-state index in [2.05, 4.69) is 10.3 Å². The first-order valence-electron chi connectivity index (χ1n) is 4.31. The number of nitrogens with one attached hydrogen (secondary N) is 1. The number of nitrogens with zero attached hydrogens (tertiary/aromatic N) is 1. The predicted octanol–water partition coefficient (Wildman–Crippen LogP) is 1.63. The normalized spacial score (nSPS) is 16.8. The third kappa shape index (κ3) is 1.80. The molecule has 0 spiro atoms. The molecule has 0 unspecified atom stereocenters. The molecule has 0 radical (unpaired) electrons. The van der Waals surface area contributed by atoms with E-state index in [1.165, 1.54) is 0 Å². The molecule has 0 bridgehead atoms. The molecule has 0 atom stereocenters. The van der Waals surface area contributed by atoms with Gasteiger partial charge in [0.2, 0.25) is 5.91 Å². The largest absolute Gasteiger partial charge is 0.328 e. The molecule has 1 aromatic rings. The van der Waals surface area contributed by atoms with Crippen molar-refractivity contribution in [3.63, 3.8) is 0 Å². The topological polar surface area (TPSA) is 42.0 Å². The zero-order chi connectivity index (χ0) is 9.97. The van der Waals surface area contributed by atoms with Crippen LogP contribution in [0.2, 0.25) is 0 Å². The van der Waals surface area contributed by atoms with Crippen LogP contribution in [0, 0.1) is 0 Å². The second kappa shape index (κ2) is 3.84. The second-order valence-corrected chi connectivity index (χ2v) is 4.01. The van der Waals surface area contributed by atoms with Crippen molar-refractivity contribution in [2.24, 2.45) is 0 Å². The zero-order valence-corrected chi connectivity index (χ0v) is 8.60. The smallest absolute Gasteiger partial charge is 0.234 e. The average Bonchev–Trinajstić information content (AvgIpc) is 2.19. The molecule has 0 saturated carbocycles. The van der Waals surface area contributed by atoms with Gasteiger partial charge in [-0.1, -0.05) is 0 Å². The number of rotatable bonds is 1. The van der Waals surface area contributed by atoms with Crippen molar-refractivity contribution in [1.29, 1.82) is 0 Å². The Morgan fingerprint density at radius 1 is 1.43 bits per heavy atom. The Kier molecular flexibility index (Phi) is 2.54. The minimum Gasteiger partial charge on any atom is -0.328 e. The van der Waals surface area contributed by atoms with E-state index in [1.54, 1.807) is 24.2 Å². The predicted molar refractivity (Wildman–Crippen MR) is 57.4 cm³/mol. The van der Waals surface area contributed by atoms with E-state index in [0.717, 1.165) is 16.2 Å². The van der Waals surface area contributed by atoms with Gasteiger partial charge in [-0.25, -0.2) is 0 Å². The fourth-order valence-electron chi connectivity index (χ4n) is 1.35. The molecule has 3 nitrogen and oxygen atoms in total. The van der Waals surface area contributed by atoms with Crippen molar-refractivity contribution in [2.45, 2.75) is 6.92 Å². The van der Waals surface area contributed by atoms with Gasteiger partial charge in [0.1, 0.15) is 0 Å². The Labute approximate surface area is 86.6 Å². The highest BCUT2D eigenvalue weighted by atomic mass is 32.2. The van der Waals surface area contributed by atoms with Crippen molar-refractivity contribution in [2.75, 3.05) is 5.75 Å². The SMILES string of the molecule is CC1=C(c2ccncc2)SCC(=O)N1. The van der Waals surface area contributed by atoms with Gasteiger partial charge in [-0.15, -0.1) is 11.8 Å². The first kappa shape index (κ1) is 9.27. The number of hydrogen-bond donors (Lipinski definition) is 1. The van der Waals surface area contributed by atoms with Crippen LogP contribution in [0.1, 0.15) is 12.5 Å². The van der Waals surface area contributed by atoms with Gasteiger partial charge in [0.15, 0.2) is 0 Å². The monoisotopic (exact) mass is 206 g/mol. The highest BCUT2D eigenvalue weighted by Crippen LogP contribution is 2.31. The highest BCUT2D eigenvalue weighted by molar-refractivity contribution is 8.09. The van der Waals surface area contributed by atoms with Crippen molar-refractivity contribution >= 4 is 22.6 Å². The van der Waals surface area contributed by atoms with Crippen LogP contribution in [0.25, 0.3) is 4.91 Å². The molecule has 4 heteroatoms. The quantitative estimate of drug-likeness (QED) is 0.759. The lowest BCUT2D eigenvalue weighted by Gasteiger charge is -2.17. The molecule has 2 rings (SSSR count). The molecule has 0 aliphatic carbocycles. The van der Waals surface area contributed by atoms with Gasteiger partial charge in [-0.2, -0.15) is 0 Å². The van der Waals surface area contributed by atoms with E-state index in [9.17, 15) is 4.79 Å². The number of allylic oxidation sites excluding steroid dienone is 1. The standard InChI is InChI=1S/C10H10N2OS/c1-7-10(14-6-9(13)12-7)8-2-4-11-5-3-8/h2-5H,6H2,1H3,(H,12,13). The fourth-order valence-corrected chi connectivity index (χ4v) is 2.27. The summed E-state index contributed by atoms with van der Waals surface area (Å²) in [5.41, 5.74) is 2.04. The lowest BCUT2D eigenvalue weighted by atomic mass is 10.2. The molecular weight excluding hydrogens is 196 g/mol. The van der Waals surface area contributed by atoms with Gasteiger partial charge in [0, 0.05) is 23.0 Å². The maximum Gasteiger partial charge on any atom is 0.234 e. The third-order valence-corrected chi connectivity index (χ3v) is 3.19. The summed E-state index contributed by atoms with van der Waals surface area (Å²) in [4.78, 5) is 16.2. The number of thioether (sulfide) groups is 1. The molecule has 1 N–H and O–H groups in total. The van der Waals surface area contributed by atoms with Gasteiger partial charge >= 0.3 is 0 Å². The number of amides is 1. The first-order valence-corrected chi connectivity index (χ1v) is 5.30. The second-order valence-electron chi connectivity index (χ2n) is 3.03. The van der Waals surface area contributed by atoms with Crippen molar-refractivity contribution in [1.82, 2.24) is 10.3 Å². The maximum absolute atomic E-state index is 11.1. The van der Waals surface area contributed by atoms with E-state index in [-0.39, 0.29) is 5.91 Å². The summed E-state index contributed by atoms with van der Waals surface area (Å²) >= 11 is 1.57. The molecular formula is C10H10N2OS. The number of carbonyl (C=O) groups is 1. The Morgan fingerprint density at radius 2 is 2.14 bits per heavy atom. The van der Waals surface area contributed by atoms with E-state index in [4.69, 9.17) is 0 Å². The third-order valence-electron chi connectivity index (χ3n) is 1.96. The van der Waals surface area contributed by atoms with E-state index < -0.39 is 0 Å². The fraction of sp³-hybridized carbons (Fsp3) is 0.200. The molecule has 0 aromatic carbocycles.